The normalized spacial score (nSPS) is 15.0. The lowest BCUT2D eigenvalue weighted by molar-refractivity contribution is 0.436. The minimum atomic E-state index is -0.668. The van der Waals surface area contributed by atoms with Gasteiger partial charge in [-0.25, -0.2) is 15.0 Å². The van der Waals surface area contributed by atoms with Crippen molar-refractivity contribution in [2.75, 3.05) is 0 Å². The van der Waals surface area contributed by atoms with Crippen molar-refractivity contribution >= 4 is 11.0 Å². The molecule has 0 saturated heterocycles. The molecule has 0 fully saturated rings. The van der Waals surface area contributed by atoms with Crippen LogP contribution >= 0.6 is 0 Å². The monoisotopic (exact) mass is 679 g/mol. The van der Waals surface area contributed by atoms with E-state index in [2.05, 4.69) is 121 Å². The zero-order chi connectivity index (χ0) is 34.9. The van der Waals surface area contributed by atoms with Gasteiger partial charge in [0.25, 0.3) is 0 Å². The summed E-state index contributed by atoms with van der Waals surface area (Å²) in [4.78, 5) is 15.3. The first-order valence-corrected chi connectivity index (χ1v) is 17.8. The van der Waals surface area contributed by atoms with Crippen LogP contribution in [0, 0.1) is 0 Å². The van der Waals surface area contributed by atoms with Gasteiger partial charge < -0.3 is 9.15 Å². The fraction of sp³-hybridized carbons (Fsp3) is 0.0208. The maximum Gasteiger partial charge on any atom is 0.164 e. The molecule has 0 N–H and O–H groups in total. The summed E-state index contributed by atoms with van der Waals surface area (Å²) in [6.45, 7) is 0. The van der Waals surface area contributed by atoms with Crippen molar-refractivity contribution < 1.29 is 9.15 Å². The van der Waals surface area contributed by atoms with Crippen LogP contribution in [0.15, 0.2) is 181 Å². The first-order valence-electron chi connectivity index (χ1n) is 17.8. The van der Waals surface area contributed by atoms with Crippen LogP contribution in [0.3, 0.4) is 0 Å². The van der Waals surface area contributed by atoms with E-state index < -0.39 is 5.41 Å². The fourth-order valence-corrected chi connectivity index (χ4v) is 8.34. The van der Waals surface area contributed by atoms with E-state index in [0.29, 0.717) is 17.5 Å². The van der Waals surface area contributed by atoms with Crippen molar-refractivity contribution in [3.8, 4) is 67.9 Å². The maximum atomic E-state index is 6.71. The highest BCUT2D eigenvalue weighted by molar-refractivity contribution is 6.02. The summed E-state index contributed by atoms with van der Waals surface area (Å²) in [6.07, 6.45) is 1.78. The SMILES string of the molecule is c1ccc(-c2ccc(-c3nc(-c4ccccc4)nc(-c4ccc5c(c4)C4(c6ccccc6O5)c5ccccc5-c5c4ccc4ccoc54)n3)cc2)cc1. The Balaban J connectivity index is 1.14. The zero-order valence-corrected chi connectivity index (χ0v) is 28.4. The molecule has 2 aliphatic rings. The van der Waals surface area contributed by atoms with Crippen LogP contribution in [0.1, 0.15) is 22.3 Å². The van der Waals surface area contributed by atoms with Gasteiger partial charge in [0.2, 0.25) is 0 Å². The van der Waals surface area contributed by atoms with Crippen molar-refractivity contribution in [2.45, 2.75) is 5.41 Å². The highest BCUT2D eigenvalue weighted by Gasteiger charge is 2.52. The number of aromatic nitrogens is 3. The average Bonchev–Trinajstić information content (AvgIpc) is 3.83. The van der Waals surface area contributed by atoms with E-state index in [1.165, 1.54) is 5.56 Å². The molecule has 0 saturated carbocycles. The van der Waals surface area contributed by atoms with Crippen LogP contribution in [0.2, 0.25) is 0 Å². The van der Waals surface area contributed by atoms with Crippen molar-refractivity contribution in [1.29, 1.82) is 0 Å². The van der Waals surface area contributed by atoms with E-state index in [4.69, 9.17) is 24.1 Å². The van der Waals surface area contributed by atoms with Gasteiger partial charge in [-0.15, -0.1) is 0 Å². The van der Waals surface area contributed by atoms with Crippen LogP contribution < -0.4 is 4.74 Å². The van der Waals surface area contributed by atoms with Crippen molar-refractivity contribution in [3.63, 3.8) is 0 Å². The molecule has 1 unspecified atom stereocenters. The third-order valence-corrected chi connectivity index (χ3v) is 10.7. The molecule has 5 nitrogen and oxygen atoms in total. The smallest absolute Gasteiger partial charge is 0.164 e. The first-order chi connectivity index (χ1) is 26.3. The number of rotatable bonds is 4. The largest absolute Gasteiger partial charge is 0.464 e. The van der Waals surface area contributed by atoms with Crippen molar-refractivity contribution in [3.05, 3.63) is 198 Å². The van der Waals surface area contributed by atoms with Crippen LogP contribution in [-0.2, 0) is 5.41 Å². The summed E-state index contributed by atoms with van der Waals surface area (Å²) in [5.74, 6) is 3.44. The molecular weight excluding hydrogens is 651 g/mol. The molecule has 9 aromatic rings. The van der Waals surface area contributed by atoms with Gasteiger partial charge in [-0.05, 0) is 58.1 Å². The maximum absolute atomic E-state index is 6.71. The molecule has 11 rings (SSSR count). The summed E-state index contributed by atoms with van der Waals surface area (Å²) >= 11 is 0. The first kappa shape index (κ1) is 29.6. The molecule has 1 aliphatic heterocycles. The summed E-state index contributed by atoms with van der Waals surface area (Å²) in [6, 6.07) is 58.8. The van der Waals surface area contributed by atoms with Gasteiger partial charge >= 0.3 is 0 Å². The molecule has 2 aromatic heterocycles. The molecule has 0 bridgehead atoms. The lowest BCUT2D eigenvalue weighted by Gasteiger charge is -2.39. The Morgan fingerprint density at radius 2 is 0.962 bits per heavy atom. The summed E-state index contributed by atoms with van der Waals surface area (Å²) in [7, 11) is 0. The number of fused-ring (bicyclic) bond motifs is 11. The van der Waals surface area contributed by atoms with Crippen molar-refractivity contribution in [1.82, 2.24) is 15.0 Å². The lowest BCUT2D eigenvalue weighted by atomic mass is 9.66. The Bertz CT molecular complexity index is 2860. The number of hydrogen-bond donors (Lipinski definition) is 0. The summed E-state index contributed by atoms with van der Waals surface area (Å²) in [5.41, 5.74) is 12.0. The third kappa shape index (κ3) is 4.41. The topological polar surface area (TPSA) is 61.0 Å². The summed E-state index contributed by atoms with van der Waals surface area (Å²) in [5, 5.41) is 1.08. The molecular formula is C48H29N3O2. The number of furan rings is 1. The Morgan fingerprint density at radius 1 is 0.396 bits per heavy atom. The Kier molecular flexibility index (Phi) is 6.40. The van der Waals surface area contributed by atoms with Gasteiger partial charge in [-0.2, -0.15) is 0 Å². The number of ether oxygens (including phenoxy) is 1. The predicted molar refractivity (Wildman–Crippen MR) is 209 cm³/mol. The van der Waals surface area contributed by atoms with Gasteiger partial charge in [-0.1, -0.05) is 140 Å². The Labute approximate surface area is 305 Å². The van der Waals surface area contributed by atoms with E-state index in [9.17, 15) is 0 Å². The number of para-hydroxylation sites is 1. The lowest BCUT2D eigenvalue weighted by Crippen LogP contribution is -2.32. The van der Waals surface area contributed by atoms with Gasteiger partial charge in [0.05, 0.1) is 11.7 Å². The quantitative estimate of drug-likeness (QED) is 0.185. The van der Waals surface area contributed by atoms with Crippen LogP contribution in [0.4, 0.5) is 0 Å². The predicted octanol–water partition coefficient (Wildman–Crippen LogP) is 11.8. The molecule has 53 heavy (non-hydrogen) atoms. The molecule has 5 heteroatoms. The van der Waals surface area contributed by atoms with E-state index >= 15 is 0 Å². The number of nitrogens with zero attached hydrogens (tertiary/aromatic N) is 3. The van der Waals surface area contributed by atoms with E-state index in [0.717, 1.165) is 78.1 Å². The van der Waals surface area contributed by atoms with E-state index in [1.807, 2.05) is 48.5 Å². The zero-order valence-electron chi connectivity index (χ0n) is 28.4. The van der Waals surface area contributed by atoms with Gasteiger partial charge in [-0.3, -0.25) is 0 Å². The van der Waals surface area contributed by atoms with E-state index in [1.54, 1.807) is 6.26 Å². The molecule has 7 aromatic carbocycles. The van der Waals surface area contributed by atoms with Crippen LogP contribution in [0.5, 0.6) is 11.5 Å². The third-order valence-electron chi connectivity index (χ3n) is 10.7. The highest BCUT2D eigenvalue weighted by Crippen LogP contribution is 2.63. The molecule has 1 atom stereocenters. The number of benzene rings is 7. The number of hydrogen-bond acceptors (Lipinski definition) is 5. The summed E-state index contributed by atoms with van der Waals surface area (Å²) < 4.78 is 12.9. The minimum Gasteiger partial charge on any atom is -0.464 e. The average molecular weight is 680 g/mol. The standard InChI is InChI=1S/C48H29N3O2/c1-3-11-30(12-4-1)31-19-21-34(22-20-31)46-49-45(33-13-5-2-6-14-33)50-47(51-46)35-24-26-42-40(29-35)48(38-17-9-10-18-41(38)53-42)37-16-8-7-15-36(37)43-39(48)25-23-32-27-28-52-44(32)43/h1-29H. The highest BCUT2D eigenvalue weighted by atomic mass is 16.5. The molecule has 1 spiro atoms. The van der Waals surface area contributed by atoms with Crippen LogP contribution in [0.25, 0.3) is 67.4 Å². The second-order valence-electron chi connectivity index (χ2n) is 13.5. The Morgan fingerprint density at radius 3 is 1.74 bits per heavy atom. The van der Waals surface area contributed by atoms with Gasteiger partial charge in [0, 0.05) is 38.8 Å². The van der Waals surface area contributed by atoms with Crippen LogP contribution in [-0.4, -0.2) is 15.0 Å². The minimum absolute atomic E-state index is 0.589. The molecule has 248 valence electrons. The molecule has 0 radical (unpaired) electrons. The Hall–Kier alpha value is -7.11. The van der Waals surface area contributed by atoms with Gasteiger partial charge in [0.15, 0.2) is 17.5 Å². The second kappa shape index (κ2) is 11.5. The van der Waals surface area contributed by atoms with Crippen molar-refractivity contribution in [2.24, 2.45) is 0 Å². The molecule has 1 aliphatic carbocycles. The van der Waals surface area contributed by atoms with Gasteiger partial charge in [0.1, 0.15) is 17.1 Å². The fourth-order valence-electron chi connectivity index (χ4n) is 8.34. The molecule has 0 amide bonds. The molecule has 3 heterocycles. The second-order valence-corrected chi connectivity index (χ2v) is 13.5. The van der Waals surface area contributed by atoms with E-state index in [-0.39, 0.29) is 0 Å².